The van der Waals surface area contributed by atoms with Gasteiger partial charge in [-0.3, -0.25) is 4.79 Å². The molecule has 0 bridgehead atoms. The van der Waals surface area contributed by atoms with Gasteiger partial charge in [0.05, 0.1) is 17.6 Å². The van der Waals surface area contributed by atoms with E-state index in [1.807, 2.05) is 0 Å². The molecule has 1 aliphatic rings. The van der Waals surface area contributed by atoms with Gasteiger partial charge in [0.1, 0.15) is 0 Å². The van der Waals surface area contributed by atoms with Crippen LogP contribution >= 0.6 is 0 Å². The Morgan fingerprint density at radius 3 is 1.81 bits per heavy atom. The molecular weight excluding hydrogens is 352 g/mol. The number of carbonyl (C=O) groups is 1. The molecule has 2 rings (SSSR count). The van der Waals surface area contributed by atoms with Crippen LogP contribution in [0.1, 0.15) is 45.7 Å². The van der Waals surface area contributed by atoms with Crippen LogP contribution in [0.3, 0.4) is 0 Å². The Balaban J connectivity index is 2.96. The van der Waals surface area contributed by atoms with Gasteiger partial charge in [-0.2, -0.15) is 0 Å². The first kappa shape index (κ1) is 20.4. The van der Waals surface area contributed by atoms with Crippen LogP contribution in [0, 0.1) is 34.1 Å². The molecule has 1 saturated carbocycles. The average molecular weight is 374 g/mol. The maximum Gasteiger partial charge on any atom is 0.311 e. The van der Waals surface area contributed by atoms with Gasteiger partial charge in [0.25, 0.3) is 0 Å². The lowest BCUT2D eigenvalue weighted by molar-refractivity contribution is -0.144. The van der Waals surface area contributed by atoms with E-state index in [9.17, 15) is 27.5 Å². The number of ether oxygens (including phenoxy) is 1. The largest absolute Gasteiger partial charge is 0.481 e. The van der Waals surface area contributed by atoms with Crippen molar-refractivity contribution in [1.82, 2.24) is 0 Å². The fourth-order valence-corrected chi connectivity index (χ4v) is 4.26. The highest BCUT2D eigenvalue weighted by molar-refractivity contribution is 5.86. The predicted molar refractivity (Wildman–Crippen MR) is 87.6 cm³/mol. The molecule has 0 amide bonds. The third kappa shape index (κ3) is 2.19. The van der Waals surface area contributed by atoms with Gasteiger partial charge in [-0.05, 0) is 26.2 Å². The highest BCUT2D eigenvalue weighted by Gasteiger charge is 2.84. The summed E-state index contributed by atoms with van der Waals surface area (Å²) in [6, 6.07) is 0. The number of methoxy groups -OCH3 is 1. The lowest BCUT2D eigenvalue weighted by Gasteiger charge is -2.22. The first-order chi connectivity index (χ1) is 11.8. The Morgan fingerprint density at radius 1 is 1.04 bits per heavy atom. The van der Waals surface area contributed by atoms with Crippen LogP contribution in [0.15, 0.2) is 11.6 Å². The standard InChI is InChI=1S/C19H22F4O3/c1-9(2)7-19(17(3,4)18(19,5)16(24)25)11-14(22)12(20)10(8-26-6)13(21)15(11)23/h7H,8H2,1-6H3,(H,24,25). The van der Waals surface area contributed by atoms with Crippen molar-refractivity contribution in [3.63, 3.8) is 0 Å². The molecular formula is C19H22F4O3. The SMILES string of the molecule is COCc1c(F)c(F)c(C2(C=C(C)C)C(C)(C)C2(C)C(=O)O)c(F)c1F. The number of carboxylic acid groups (broad SMARTS) is 1. The van der Waals surface area contributed by atoms with Crippen molar-refractivity contribution in [3.05, 3.63) is 46.0 Å². The van der Waals surface area contributed by atoms with Crippen molar-refractivity contribution in [1.29, 1.82) is 0 Å². The molecule has 0 spiro atoms. The summed E-state index contributed by atoms with van der Waals surface area (Å²) in [4.78, 5) is 11.9. The van der Waals surface area contributed by atoms with E-state index in [0.29, 0.717) is 5.57 Å². The molecule has 1 N–H and O–H groups in total. The normalized spacial score (nSPS) is 26.5. The van der Waals surface area contributed by atoms with Crippen LogP contribution in [0.2, 0.25) is 0 Å². The van der Waals surface area contributed by atoms with Crippen molar-refractivity contribution in [3.8, 4) is 0 Å². The van der Waals surface area contributed by atoms with Gasteiger partial charge in [-0.25, -0.2) is 17.6 Å². The second-order valence-electron chi connectivity index (χ2n) is 7.63. The molecule has 1 aromatic rings. The zero-order valence-electron chi connectivity index (χ0n) is 15.6. The topological polar surface area (TPSA) is 46.5 Å². The molecule has 1 fully saturated rings. The molecule has 2 atom stereocenters. The van der Waals surface area contributed by atoms with Crippen LogP contribution in [0.25, 0.3) is 0 Å². The molecule has 0 aliphatic heterocycles. The second-order valence-corrected chi connectivity index (χ2v) is 7.63. The van der Waals surface area contributed by atoms with E-state index in [1.165, 1.54) is 26.8 Å². The highest BCUT2D eigenvalue weighted by Crippen LogP contribution is 2.79. The molecule has 0 aromatic heterocycles. The van der Waals surface area contributed by atoms with Gasteiger partial charge in [-0.1, -0.05) is 25.5 Å². The van der Waals surface area contributed by atoms with E-state index in [4.69, 9.17) is 0 Å². The summed E-state index contributed by atoms with van der Waals surface area (Å²) in [6.45, 7) is 6.95. The van der Waals surface area contributed by atoms with Gasteiger partial charge < -0.3 is 9.84 Å². The fourth-order valence-electron chi connectivity index (χ4n) is 4.26. The number of carboxylic acids is 1. The molecule has 3 nitrogen and oxygen atoms in total. The number of rotatable bonds is 5. The molecule has 26 heavy (non-hydrogen) atoms. The Hall–Kier alpha value is -1.89. The first-order valence-electron chi connectivity index (χ1n) is 8.06. The van der Waals surface area contributed by atoms with Gasteiger partial charge >= 0.3 is 5.97 Å². The zero-order valence-corrected chi connectivity index (χ0v) is 15.6. The molecule has 0 radical (unpaired) electrons. The molecule has 7 heteroatoms. The number of allylic oxidation sites excluding steroid dienone is 2. The summed E-state index contributed by atoms with van der Waals surface area (Å²) in [5, 5.41) is 9.74. The summed E-state index contributed by atoms with van der Waals surface area (Å²) >= 11 is 0. The summed E-state index contributed by atoms with van der Waals surface area (Å²) in [5.74, 6) is -7.63. The fraction of sp³-hybridized carbons (Fsp3) is 0.526. The Kier molecular flexibility index (Phi) is 4.77. The van der Waals surface area contributed by atoms with Crippen molar-refractivity contribution < 1.29 is 32.2 Å². The second kappa shape index (κ2) is 6.08. The monoisotopic (exact) mass is 374 g/mol. The van der Waals surface area contributed by atoms with Gasteiger partial charge in [0.15, 0.2) is 23.3 Å². The molecule has 1 aromatic carbocycles. The van der Waals surface area contributed by atoms with Crippen LogP contribution < -0.4 is 0 Å². The number of benzene rings is 1. The number of aliphatic carboxylic acids is 1. The van der Waals surface area contributed by atoms with Crippen molar-refractivity contribution in [2.75, 3.05) is 7.11 Å². The summed E-state index contributed by atoms with van der Waals surface area (Å²) in [5.41, 5.74) is -5.78. The smallest absolute Gasteiger partial charge is 0.311 e. The van der Waals surface area contributed by atoms with E-state index in [1.54, 1.807) is 13.8 Å². The van der Waals surface area contributed by atoms with Gasteiger partial charge in [0, 0.05) is 18.1 Å². The van der Waals surface area contributed by atoms with Crippen molar-refractivity contribution in [2.45, 2.75) is 46.6 Å². The number of halogens is 4. The van der Waals surface area contributed by atoms with E-state index in [0.717, 1.165) is 7.11 Å². The van der Waals surface area contributed by atoms with Crippen LogP contribution in [-0.2, 0) is 21.6 Å². The van der Waals surface area contributed by atoms with Crippen molar-refractivity contribution in [2.24, 2.45) is 10.8 Å². The van der Waals surface area contributed by atoms with E-state index in [2.05, 4.69) is 4.74 Å². The summed E-state index contributed by atoms with van der Waals surface area (Å²) in [6.07, 6.45) is 1.39. The average Bonchev–Trinajstić information content (AvgIpc) is 2.91. The molecule has 2 unspecified atom stereocenters. The van der Waals surface area contributed by atoms with E-state index >= 15 is 0 Å². The third-order valence-electron chi connectivity index (χ3n) is 5.93. The lowest BCUT2D eigenvalue weighted by Crippen LogP contribution is -2.26. The maximum atomic E-state index is 14.9. The summed E-state index contributed by atoms with van der Waals surface area (Å²) in [7, 11) is 1.14. The minimum atomic E-state index is -1.74. The number of hydrogen-bond acceptors (Lipinski definition) is 2. The van der Waals surface area contributed by atoms with Gasteiger partial charge in [0.2, 0.25) is 0 Å². The number of hydrogen-bond donors (Lipinski definition) is 1. The third-order valence-corrected chi connectivity index (χ3v) is 5.93. The minimum Gasteiger partial charge on any atom is -0.481 e. The van der Waals surface area contributed by atoms with Crippen LogP contribution in [-0.4, -0.2) is 18.2 Å². The lowest BCUT2D eigenvalue weighted by atomic mass is 9.82. The van der Waals surface area contributed by atoms with E-state index in [-0.39, 0.29) is 0 Å². The molecule has 0 heterocycles. The molecule has 144 valence electrons. The zero-order chi connectivity index (χ0) is 20.2. The maximum absolute atomic E-state index is 14.9. The van der Waals surface area contributed by atoms with Crippen LogP contribution in [0.4, 0.5) is 17.6 Å². The molecule has 0 saturated heterocycles. The molecule has 1 aliphatic carbocycles. The highest BCUT2D eigenvalue weighted by atomic mass is 19.2. The Bertz CT molecular complexity index is 782. The first-order valence-corrected chi connectivity index (χ1v) is 8.06. The van der Waals surface area contributed by atoms with Crippen LogP contribution in [0.5, 0.6) is 0 Å². The Morgan fingerprint density at radius 2 is 1.50 bits per heavy atom. The Labute approximate surface area is 149 Å². The summed E-state index contributed by atoms with van der Waals surface area (Å²) < 4.78 is 63.3. The minimum absolute atomic E-state index is 0.573. The predicted octanol–water partition coefficient (Wildman–Crippen LogP) is 4.72. The van der Waals surface area contributed by atoms with Crippen molar-refractivity contribution >= 4 is 5.97 Å². The van der Waals surface area contributed by atoms with Gasteiger partial charge in [-0.15, -0.1) is 0 Å². The quantitative estimate of drug-likeness (QED) is 0.461. The van der Waals surface area contributed by atoms with E-state index < -0.39 is 63.2 Å².